The van der Waals surface area contributed by atoms with E-state index in [-0.39, 0.29) is 20.7 Å². The average molecular weight is 318 g/mol. The van der Waals surface area contributed by atoms with Crippen molar-refractivity contribution < 1.29 is 9.53 Å². The van der Waals surface area contributed by atoms with Crippen molar-refractivity contribution in [3.63, 3.8) is 0 Å². The zero-order valence-corrected chi connectivity index (χ0v) is 14.5. The molecule has 0 amide bonds. The van der Waals surface area contributed by atoms with E-state index in [0.717, 1.165) is 28.2 Å². The van der Waals surface area contributed by atoms with Gasteiger partial charge in [-0.05, 0) is 25.8 Å². The van der Waals surface area contributed by atoms with Gasteiger partial charge in [-0.25, -0.2) is 0 Å². The Morgan fingerprint density at radius 3 is 2.11 bits per heavy atom. The lowest BCUT2D eigenvalue weighted by atomic mass is 10.00. The standard InChI is InChI=1S/C12H14O2P2S2/c1-5-9-6(2)7(3)11(15-17)12(16-18)10(9)14-8(4)13/h5H2,1-4H3/p+2. The first-order valence-electron chi connectivity index (χ1n) is 5.58. The smallest absolute Gasteiger partial charge is 0.308 e. The van der Waals surface area contributed by atoms with E-state index >= 15 is 0 Å². The van der Waals surface area contributed by atoms with Crippen LogP contribution in [0.25, 0.3) is 0 Å². The molecule has 2 unspecified atom stereocenters. The van der Waals surface area contributed by atoms with Crippen LogP contribution in [0.1, 0.15) is 30.5 Å². The highest BCUT2D eigenvalue weighted by molar-refractivity contribution is 8.02. The molecule has 0 aliphatic rings. The Kier molecular flexibility index (Phi) is 5.94. The molecule has 0 aliphatic heterocycles. The van der Waals surface area contributed by atoms with Crippen LogP contribution in [-0.4, -0.2) is 5.97 Å². The zero-order valence-electron chi connectivity index (χ0n) is 10.8. The predicted molar refractivity (Wildman–Crippen MR) is 87.2 cm³/mol. The van der Waals surface area contributed by atoms with Gasteiger partial charge in [0.15, 0.2) is 29.4 Å². The highest BCUT2D eigenvalue weighted by Crippen LogP contribution is 2.27. The summed E-state index contributed by atoms with van der Waals surface area (Å²) in [5, 5.41) is 2.04. The molecule has 0 saturated carbocycles. The summed E-state index contributed by atoms with van der Waals surface area (Å²) in [6.07, 6.45) is 0.822. The highest BCUT2D eigenvalue weighted by atomic mass is 32.4. The molecule has 0 spiro atoms. The molecule has 96 valence electrons. The fraction of sp³-hybridized carbons (Fsp3) is 0.417. The Hall–Kier alpha value is -0.270. The number of carbonyl (C=O) groups is 1. The van der Waals surface area contributed by atoms with Gasteiger partial charge in [0, 0.05) is 18.1 Å². The summed E-state index contributed by atoms with van der Waals surface area (Å²) >= 11 is 10.4. The number of hydrogen-bond donors (Lipinski definition) is 0. The third-order valence-electron chi connectivity index (χ3n) is 2.94. The second kappa shape index (κ2) is 6.77. The van der Waals surface area contributed by atoms with Crippen molar-refractivity contribution in [1.29, 1.82) is 0 Å². The first-order chi connectivity index (χ1) is 8.47. The van der Waals surface area contributed by atoms with Crippen molar-refractivity contribution in [3.8, 4) is 5.75 Å². The maximum Gasteiger partial charge on any atom is 0.308 e. The van der Waals surface area contributed by atoms with Crippen LogP contribution in [0.15, 0.2) is 0 Å². The van der Waals surface area contributed by atoms with Gasteiger partial charge in [0.25, 0.3) is 5.30 Å². The molecule has 0 radical (unpaired) electrons. The fourth-order valence-corrected chi connectivity index (χ4v) is 5.35. The molecular formula is C12H16O2P2S2+2. The maximum absolute atomic E-state index is 11.3. The Balaban J connectivity index is 3.72. The van der Waals surface area contributed by atoms with Crippen LogP contribution in [0.3, 0.4) is 0 Å². The zero-order chi connectivity index (χ0) is 13.9. The quantitative estimate of drug-likeness (QED) is 0.483. The lowest BCUT2D eigenvalue weighted by Gasteiger charge is -2.12. The summed E-state index contributed by atoms with van der Waals surface area (Å²) in [4.78, 5) is 11.3. The SMILES string of the molecule is CCc1c(C)c(C)c([PH+]=S)c([PH+]=S)c1OC(C)=O. The topological polar surface area (TPSA) is 26.3 Å². The number of esters is 1. The van der Waals surface area contributed by atoms with Gasteiger partial charge in [-0.15, -0.1) is 0 Å². The van der Waals surface area contributed by atoms with Gasteiger partial charge in [0.1, 0.15) is 0 Å². The molecule has 0 aromatic heterocycles. The van der Waals surface area contributed by atoms with Gasteiger partial charge in [0.05, 0.1) is 0 Å². The summed E-state index contributed by atoms with van der Waals surface area (Å²) in [5.41, 5.74) is 3.44. The Bertz CT molecular complexity index is 528. The van der Waals surface area contributed by atoms with E-state index in [2.05, 4.69) is 20.8 Å². The number of carbonyl (C=O) groups excluding carboxylic acids is 1. The van der Waals surface area contributed by atoms with E-state index in [9.17, 15) is 4.79 Å². The monoisotopic (exact) mass is 318 g/mol. The first-order valence-corrected chi connectivity index (χ1v) is 9.85. The normalized spacial score (nSPS) is 10.9. The molecular weight excluding hydrogens is 302 g/mol. The first kappa shape index (κ1) is 15.8. The molecule has 18 heavy (non-hydrogen) atoms. The molecule has 1 aromatic rings. The lowest BCUT2D eigenvalue weighted by molar-refractivity contribution is -0.131. The van der Waals surface area contributed by atoms with Crippen molar-refractivity contribution in [3.05, 3.63) is 16.7 Å². The number of hydrogen-bond acceptors (Lipinski definition) is 4. The molecule has 2 atom stereocenters. The molecule has 0 saturated heterocycles. The van der Waals surface area contributed by atoms with Crippen LogP contribution in [0.4, 0.5) is 0 Å². The minimum atomic E-state index is -0.305. The molecule has 2 nitrogen and oxygen atoms in total. The van der Waals surface area contributed by atoms with Crippen molar-refractivity contribution >= 4 is 54.9 Å². The molecule has 0 bridgehead atoms. The Morgan fingerprint density at radius 2 is 1.72 bits per heavy atom. The van der Waals surface area contributed by atoms with Crippen LogP contribution in [0, 0.1) is 13.8 Å². The molecule has 0 N–H and O–H groups in total. The number of ether oxygens (including phenoxy) is 1. The minimum absolute atomic E-state index is 0.173. The average Bonchev–Trinajstić information content (AvgIpc) is 2.33. The van der Waals surface area contributed by atoms with Crippen LogP contribution in [-0.2, 0) is 34.8 Å². The molecule has 1 rings (SSSR count). The van der Waals surface area contributed by atoms with E-state index in [1.54, 1.807) is 0 Å². The van der Waals surface area contributed by atoms with Crippen LogP contribution < -0.4 is 15.3 Å². The molecule has 6 heteroatoms. The van der Waals surface area contributed by atoms with Crippen LogP contribution >= 0.6 is 14.7 Å². The van der Waals surface area contributed by atoms with E-state index in [4.69, 9.17) is 28.4 Å². The summed E-state index contributed by atoms with van der Waals surface area (Å²) in [6.45, 7) is 7.59. The maximum atomic E-state index is 11.3. The lowest BCUT2D eigenvalue weighted by Crippen LogP contribution is -2.24. The number of rotatable bonds is 4. The van der Waals surface area contributed by atoms with Crippen molar-refractivity contribution in [2.45, 2.75) is 34.1 Å². The van der Waals surface area contributed by atoms with E-state index in [0.29, 0.717) is 5.75 Å². The van der Waals surface area contributed by atoms with Crippen molar-refractivity contribution in [1.82, 2.24) is 0 Å². The van der Waals surface area contributed by atoms with Gasteiger partial charge in [-0.3, -0.25) is 4.79 Å². The van der Waals surface area contributed by atoms with E-state index < -0.39 is 0 Å². The summed E-state index contributed by atoms with van der Waals surface area (Å²) in [7, 11) is 0.427. The molecule has 0 fully saturated rings. The van der Waals surface area contributed by atoms with Gasteiger partial charge in [0.2, 0.25) is 20.0 Å². The van der Waals surface area contributed by atoms with Crippen LogP contribution in [0.2, 0.25) is 0 Å². The largest absolute Gasteiger partial charge is 0.421 e. The van der Waals surface area contributed by atoms with Gasteiger partial charge in [-0.1, -0.05) is 6.92 Å². The van der Waals surface area contributed by atoms with Gasteiger partial charge < -0.3 is 4.74 Å². The second-order valence-electron chi connectivity index (χ2n) is 3.96. The third-order valence-corrected chi connectivity index (χ3v) is 5.93. The van der Waals surface area contributed by atoms with Crippen molar-refractivity contribution in [2.24, 2.45) is 0 Å². The van der Waals surface area contributed by atoms with Gasteiger partial charge >= 0.3 is 5.97 Å². The molecule has 0 heterocycles. The third kappa shape index (κ3) is 3.00. The van der Waals surface area contributed by atoms with E-state index in [1.807, 2.05) is 0 Å². The second-order valence-corrected chi connectivity index (χ2v) is 6.59. The van der Waals surface area contributed by atoms with E-state index in [1.165, 1.54) is 12.5 Å². The highest BCUT2D eigenvalue weighted by Gasteiger charge is 2.28. The molecule has 0 aliphatic carbocycles. The Labute approximate surface area is 121 Å². The van der Waals surface area contributed by atoms with Crippen LogP contribution in [0.5, 0.6) is 5.75 Å². The molecule has 1 aromatic carbocycles. The minimum Gasteiger partial charge on any atom is -0.421 e. The van der Waals surface area contributed by atoms with Gasteiger partial charge in [-0.2, -0.15) is 0 Å². The summed E-state index contributed by atoms with van der Waals surface area (Å²) < 4.78 is 5.40. The Morgan fingerprint density at radius 1 is 1.17 bits per heavy atom. The predicted octanol–water partition coefficient (Wildman–Crippen LogP) is 2.32. The van der Waals surface area contributed by atoms with Crippen molar-refractivity contribution in [2.75, 3.05) is 0 Å². The summed E-state index contributed by atoms with van der Waals surface area (Å²) in [6, 6.07) is 0. The summed E-state index contributed by atoms with van der Waals surface area (Å²) in [5.74, 6) is 0.356. The fourth-order valence-electron chi connectivity index (χ4n) is 1.94. The number of benzene rings is 1.